The number of benzene rings is 1. The highest BCUT2D eigenvalue weighted by atomic mass is 16.5. The highest BCUT2D eigenvalue weighted by Crippen LogP contribution is 2.30. The fraction of sp³-hybridized carbons (Fsp3) is 0.650. The molecular formula is C20H30N2O3. The smallest absolute Gasteiger partial charge is 0.222 e. The van der Waals surface area contributed by atoms with E-state index in [9.17, 15) is 4.79 Å². The molecule has 1 amide bonds. The zero-order valence-electron chi connectivity index (χ0n) is 15.5. The first-order chi connectivity index (χ1) is 12.2. The molecule has 2 heterocycles. The van der Waals surface area contributed by atoms with E-state index in [1.165, 1.54) is 12.0 Å². The highest BCUT2D eigenvalue weighted by molar-refractivity contribution is 5.78. The Labute approximate surface area is 150 Å². The minimum Gasteiger partial charge on any atom is -0.490 e. The molecule has 0 spiro atoms. The van der Waals surface area contributed by atoms with E-state index in [1.807, 2.05) is 19.9 Å². The van der Waals surface area contributed by atoms with Crippen LogP contribution in [-0.2, 0) is 11.3 Å². The molecule has 138 valence electrons. The van der Waals surface area contributed by atoms with Gasteiger partial charge in [0.15, 0.2) is 11.5 Å². The average molecular weight is 346 g/mol. The fourth-order valence-corrected chi connectivity index (χ4v) is 3.87. The quantitative estimate of drug-likeness (QED) is 0.726. The van der Waals surface area contributed by atoms with Gasteiger partial charge in [-0.2, -0.15) is 0 Å². The molecule has 5 heteroatoms. The molecule has 2 aliphatic heterocycles. The Hall–Kier alpha value is -1.75. The van der Waals surface area contributed by atoms with Gasteiger partial charge in [0.2, 0.25) is 5.91 Å². The van der Waals surface area contributed by atoms with Crippen LogP contribution >= 0.6 is 0 Å². The molecule has 0 N–H and O–H groups in total. The van der Waals surface area contributed by atoms with E-state index in [0.29, 0.717) is 25.0 Å². The summed E-state index contributed by atoms with van der Waals surface area (Å²) in [6.07, 6.45) is 2.95. The molecule has 2 saturated heterocycles. The van der Waals surface area contributed by atoms with Crippen molar-refractivity contribution in [3.8, 4) is 11.5 Å². The standard InChI is InChI=1S/C20H30N2O3/c1-3-24-18-8-7-16(12-19(18)25-4-2)13-21-11-9-17(14-21)15-22-10-5-6-20(22)23/h7-8,12,17H,3-6,9-11,13-15H2,1-2H3. The lowest BCUT2D eigenvalue weighted by atomic mass is 10.1. The van der Waals surface area contributed by atoms with Crippen LogP contribution in [0, 0.1) is 5.92 Å². The lowest BCUT2D eigenvalue weighted by Crippen LogP contribution is -2.32. The molecule has 5 nitrogen and oxygen atoms in total. The minimum absolute atomic E-state index is 0.339. The summed E-state index contributed by atoms with van der Waals surface area (Å²) in [7, 11) is 0. The molecule has 0 saturated carbocycles. The summed E-state index contributed by atoms with van der Waals surface area (Å²) >= 11 is 0. The Kier molecular flexibility index (Phi) is 6.19. The van der Waals surface area contributed by atoms with Crippen molar-refractivity contribution in [1.29, 1.82) is 0 Å². The Morgan fingerprint density at radius 1 is 1.12 bits per heavy atom. The Morgan fingerprint density at radius 3 is 2.64 bits per heavy atom. The van der Waals surface area contributed by atoms with E-state index in [4.69, 9.17) is 9.47 Å². The summed E-state index contributed by atoms with van der Waals surface area (Å²) in [5.41, 5.74) is 1.25. The molecule has 0 aliphatic carbocycles. The van der Waals surface area contributed by atoms with Crippen molar-refractivity contribution in [2.75, 3.05) is 39.4 Å². The number of carbonyl (C=O) groups is 1. The molecule has 1 aromatic rings. The molecule has 3 rings (SSSR count). The van der Waals surface area contributed by atoms with Crippen molar-refractivity contribution in [2.45, 2.75) is 39.7 Å². The third kappa shape index (κ3) is 4.66. The predicted molar refractivity (Wildman–Crippen MR) is 98.0 cm³/mol. The molecule has 1 atom stereocenters. The number of likely N-dealkylation sites (tertiary alicyclic amines) is 2. The first-order valence-corrected chi connectivity index (χ1v) is 9.58. The number of amides is 1. The van der Waals surface area contributed by atoms with Crippen molar-refractivity contribution in [1.82, 2.24) is 9.80 Å². The predicted octanol–water partition coefficient (Wildman–Crippen LogP) is 2.93. The van der Waals surface area contributed by atoms with Crippen molar-refractivity contribution >= 4 is 5.91 Å². The Morgan fingerprint density at radius 2 is 1.92 bits per heavy atom. The van der Waals surface area contributed by atoms with Gasteiger partial charge in [-0.3, -0.25) is 9.69 Å². The van der Waals surface area contributed by atoms with Crippen LogP contribution in [0.5, 0.6) is 11.5 Å². The SMILES string of the molecule is CCOc1ccc(CN2CCC(CN3CCCC3=O)C2)cc1OCC. The molecule has 2 aliphatic rings. The van der Waals surface area contributed by atoms with Crippen LogP contribution in [0.15, 0.2) is 18.2 Å². The van der Waals surface area contributed by atoms with Crippen LogP contribution in [0.3, 0.4) is 0 Å². The van der Waals surface area contributed by atoms with E-state index < -0.39 is 0 Å². The van der Waals surface area contributed by atoms with Gasteiger partial charge in [-0.1, -0.05) is 6.07 Å². The van der Waals surface area contributed by atoms with Crippen molar-refractivity contribution < 1.29 is 14.3 Å². The van der Waals surface area contributed by atoms with E-state index in [2.05, 4.69) is 21.9 Å². The summed E-state index contributed by atoms with van der Waals surface area (Å²) < 4.78 is 11.4. The van der Waals surface area contributed by atoms with Crippen molar-refractivity contribution in [3.63, 3.8) is 0 Å². The number of ether oxygens (including phenoxy) is 2. The second-order valence-corrected chi connectivity index (χ2v) is 6.98. The van der Waals surface area contributed by atoms with Crippen LogP contribution in [0.2, 0.25) is 0 Å². The number of hydrogen-bond acceptors (Lipinski definition) is 4. The summed E-state index contributed by atoms with van der Waals surface area (Å²) in [6.45, 7) is 10.2. The fourth-order valence-electron chi connectivity index (χ4n) is 3.87. The zero-order valence-corrected chi connectivity index (χ0v) is 15.5. The Balaban J connectivity index is 1.55. The highest BCUT2D eigenvalue weighted by Gasteiger charge is 2.28. The van der Waals surface area contributed by atoms with Gasteiger partial charge < -0.3 is 14.4 Å². The lowest BCUT2D eigenvalue weighted by molar-refractivity contribution is -0.128. The number of carbonyl (C=O) groups excluding carboxylic acids is 1. The Bertz CT molecular complexity index is 590. The van der Waals surface area contributed by atoms with Crippen LogP contribution in [0.25, 0.3) is 0 Å². The largest absolute Gasteiger partial charge is 0.490 e. The maximum Gasteiger partial charge on any atom is 0.222 e. The summed E-state index contributed by atoms with van der Waals surface area (Å²) in [6, 6.07) is 6.25. The molecule has 0 radical (unpaired) electrons. The van der Waals surface area contributed by atoms with Gasteiger partial charge in [0.05, 0.1) is 13.2 Å². The van der Waals surface area contributed by atoms with Gasteiger partial charge in [-0.05, 0) is 56.8 Å². The van der Waals surface area contributed by atoms with E-state index in [0.717, 1.165) is 57.1 Å². The number of nitrogens with zero attached hydrogens (tertiary/aromatic N) is 2. The van der Waals surface area contributed by atoms with Crippen molar-refractivity contribution in [3.05, 3.63) is 23.8 Å². The minimum atomic E-state index is 0.339. The molecule has 1 unspecified atom stereocenters. The van der Waals surface area contributed by atoms with Gasteiger partial charge in [0, 0.05) is 32.6 Å². The number of rotatable bonds is 8. The maximum absolute atomic E-state index is 11.8. The zero-order chi connectivity index (χ0) is 17.6. The van der Waals surface area contributed by atoms with Gasteiger partial charge in [-0.15, -0.1) is 0 Å². The van der Waals surface area contributed by atoms with Gasteiger partial charge >= 0.3 is 0 Å². The normalized spacial score (nSPS) is 21.1. The average Bonchev–Trinajstić information content (AvgIpc) is 3.20. The first kappa shape index (κ1) is 18.1. The molecule has 0 bridgehead atoms. The summed E-state index contributed by atoms with van der Waals surface area (Å²) in [5.74, 6) is 2.60. The van der Waals surface area contributed by atoms with Gasteiger partial charge in [-0.25, -0.2) is 0 Å². The summed E-state index contributed by atoms with van der Waals surface area (Å²) in [4.78, 5) is 16.3. The maximum atomic E-state index is 11.8. The third-order valence-corrected chi connectivity index (χ3v) is 5.03. The van der Waals surface area contributed by atoms with Gasteiger partial charge in [0.25, 0.3) is 0 Å². The number of hydrogen-bond donors (Lipinski definition) is 0. The molecule has 2 fully saturated rings. The van der Waals surface area contributed by atoms with Gasteiger partial charge in [0.1, 0.15) is 0 Å². The van der Waals surface area contributed by atoms with Crippen LogP contribution in [-0.4, -0.2) is 55.1 Å². The molecular weight excluding hydrogens is 316 g/mol. The molecule has 1 aromatic carbocycles. The van der Waals surface area contributed by atoms with Crippen LogP contribution < -0.4 is 9.47 Å². The van der Waals surface area contributed by atoms with E-state index >= 15 is 0 Å². The summed E-state index contributed by atoms with van der Waals surface area (Å²) in [5, 5.41) is 0. The molecule has 25 heavy (non-hydrogen) atoms. The first-order valence-electron chi connectivity index (χ1n) is 9.58. The van der Waals surface area contributed by atoms with E-state index in [-0.39, 0.29) is 0 Å². The monoisotopic (exact) mass is 346 g/mol. The second-order valence-electron chi connectivity index (χ2n) is 6.98. The molecule has 0 aromatic heterocycles. The third-order valence-electron chi connectivity index (χ3n) is 5.03. The second kappa shape index (κ2) is 8.56. The van der Waals surface area contributed by atoms with Crippen LogP contribution in [0.1, 0.15) is 38.7 Å². The topological polar surface area (TPSA) is 42.0 Å². The lowest BCUT2D eigenvalue weighted by Gasteiger charge is -2.21. The van der Waals surface area contributed by atoms with Crippen molar-refractivity contribution in [2.24, 2.45) is 5.92 Å². The van der Waals surface area contributed by atoms with E-state index in [1.54, 1.807) is 0 Å². The van der Waals surface area contributed by atoms with Crippen LogP contribution in [0.4, 0.5) is 0 Å².